The van der Waals surface area contributed by atoms with Gasteiger partial charge in [-0.3, -0.25) is 0 Å². The molecule has 9 heteroatoms. The van der Waals surface area contributed by atoms with Crippen molar-refractivity contribution in [1.82, 2.24) is 9.97 Å². The fraction of sp³-hybridized carbons (Fsp3) is 0.375. The summed E-state index contributed by atoms with van der Waals surface area (Å²) >= 11 is 6.18. The molecule has 1 aliphatic heterocycles. The molecule has 6 nitrogen and oxygen atoms in total. The number of fused-ring (bicyclic) bond motifs is 1. The van der Waals surface area contributed by atoms with E-state index < -0.39 is 12.9 Å². The summed E-state index contributed by atoms with van der Waals surface area (Å²) < 4.78 is 19.2. The van der Waals surface area contributed by atoms with Gasteiger partial charge in [-0.05, 0) is 30.5 Å². The molecule has 2 aromatic rings. The zero-order chi connectivity index (χ0) is 17.4. The van der Waals surface area contributed by atoms with Crippen LogP contribution in [0, 0.1) is 5.82 Å². The van der Waals surface area contributed by atoms with Crippen molar-refractivity contribution in [3.63, 3.8) is 0 Å². The molecule has 0 saturated heterocycles. The maximum absolute atomic E-state index is 14.2. The molecule has 0 radical (unpaired) electrons. The molecule has 2 heterocycles. The summed E-state index contributed by atoms with van der Waals surface area (Å²) in [5, 5.41) is 16.4. The number of aromatic nitrogens is 2. The summed E-state index contributed by atoms with van der Waals surface area (Å²) in [7, 11) is -1.21. The molecule has 2 aliphatic rings. The minimum absolute atomic E-state index is 0.166. The van der Waals surface area contributed by atoms with Gasteiger partial charge in [-0.2, -0.15) is 4.98 Å². The van der Waals surface area contributed by atoms with Crippen molar-refractivity contribution in [2.24, 2.45) is 0 Å². The largest absolute Gasteiger partial charge is 0.494 e. The lowest BCUT2D eigenvalue weighted by Crippen LogP contribution is -2.31. The fourth-order valence-corrected chi connectivity index (χ4v) is 3.46. The van der Waals surface area contributed by atoms with E-state index in [0.717, 1.165) is 12.8 Å². The summed E-state index contributed by atoms with van der Waals surface area (Å²) in [6, 6.07) is 3.38. The van der Waals surface area contributed by atoms with Crippen molar-refractivity contribution in [2.75, 3.05) is 10.6 Å². The van der Waals surface area contributed by atoms with Gasteiger partial charge < -0.3 is 20.3 Å². The lowest BCUT2D eigenvalue weighted by molar-refractivity contribution is 0.275. The van der Waals surface area contributed by atoms with Crippen LogP contribution in [0.3, 0.4) is 0 Å². The van der Waals surface area contributed by atoms with Crippen molar-refractivity contribution >= 4 is 41.6 Å². The molecule has 1 fully saturated rings. The molecule has 0 atom stereocenters. The van der Waals surface area contributed by atoms with Crippen LogP contribution < -0.4 is 16.1 Å². The van der Waals surface area contributed by atoms with Gasteiger partial charge in [0.1, 0.15) is 10.8 Å². The molecule has 130 valence electrons. The van der Waals surface area contributed by atoms with Gasteiger partial charge in [-0.15, -0.1) is 0 Å². The molecule has 1 aromatic heterocycles. The SMILES string of the molecule is OB1OCc2cc(Nc3ncc(Cl)c(NC4CCCC4)n3)cc(F)c21. The van der Waals surface area contributed by atoms with Crippen molar-refractivity contribution in [1.29, 1.82) is 0 Å². The third-order valence-corrected chi connectivity index (χ3v) is 4.83. The second-order valence-electron chi connectivity index (χ2n) is 6.34. The van der Waals surface area contributed by atoms with Crippen LogP contribution >= 0.6 is 11.6 Å². The summed E-state index contributed by atoms with van der Waals surface area (Å²) in [6.45, 7) is 0.166. The Bertz CT molecular complexity index is 804. The van der Waals surface area contributed by atoms with Crippen LogP contribution in [0.1, 0.15) is 31.2 Å². The van der Waals surface area contributed by atoms with Crippen LogP contribution in [-0.4, -0.2) is 28.2 Å². The highest BCUT2D eigenvalue weighted by Gasteiger charge is 2.31. The van der Waals surface area contributed by atoms with Crippen LogP contribution in [0.25, 0.3) is 0 Å². The summed E-state index contributed by atoms with van der Waals surface area (Å²) in [5.74, 6) is 0.374. The minimum Gasteiger partial charge on any atom is -0.423 e. The normalized spacial score (nSPS) is 17.0. The Kier molecular flexibility index (Phi) is 4.49. The van der Waals surface area contributed by atoms with Crippen LogP contribution in [0.2, 0.25) is 5.02 Å². The number of benzene rings is 1. The predicted molar refractivity (Wildman–Crippen MR) is 95.0 cm³/mol. The van der Waals surface area contributed by atoms with Crippen molar-refractivity contribution < 1.29 is 14.1 Å². The third-order valence-electron chi connectivity index (χ3n) is 4.56. The van der Waals surface area contributed by atoms with Crippen LogP contribution in [0.5, 0.6) is 0 Å². The lowest BCUT2D eigenvalue weighted by atomic mass is 9.79. The molecule has 3 N–H and O–H groups in total. The highest BCUT2D eigenvalue weighted by molar-refractivity contribution is 6.61. The second kappa shape index (κ2) is 6.78. The Morgan fingerprint density at radius 1 is 1.32 bits per heavy atom. The molecule has 0 unspecified atom stereocenters. The van der Waals surface area contributed by atoms with Gasteiger partial charge in [-0.25, -0.2) is 9.37 Å². The van der Waals surface area contributed by atoms with Gasteiger partial charge in [0.25, 0.3) is 0 Å². The van der Waals surface area contributed by atoms with Crippen LogP contribution in [-0.2, 0) is 11.3 Å². The summed E-state index contributed by atoms with van der Waals surface area (Å²) in [6.07, 6.45) is 6.12. The number of nitrogens with one attached hydrogen (secondary N) is 2. The zero-order valence-corrected chi connectivity index (χ0v) is 14.2. The molecule has 25 heavy (non-hydrogen) atoms. The number of nitrogens with zero attached hydrogens (tertiary/aromatic N) is 2. The molecular weight excluding hydrogens is 345 g/mol. The minimum atomic E-state index is -1.21. The quantitative estimate of drug-likeness (QED) is 0.726. The number of halogens is 2. The zero-order valence-electron chi connectivity index (χ0n) is 13.4. The first-order valence-corrected chi connectivity index (χ1v) is 8.66. The number of anilines is 3. The lowest BCUT2D eigenvalue weighted by Gasteiger charge is -2.15. The van der Waals surface area contributed by atoms with Gasteiger partial charge >= 0.3 is 7.12 Å². The van der Waals surface area contributed by atoms with E-state index in [1.54, 1.807) is 6.07 Å². The van der Waals surface area contributed by atoms with E-state index in [1.807, 2.05) is 0 Å². The smallest absolute Gasteiger partial charge is 0.423 e. The van der Waals surface area contributed by atoms with Crippen LogP contribution in [0.15, 0.2) is 18.3 Å². The molecular formula is C16H17BClFN4O2. The monoisotopic (exact) mass is 362 g/mol. The van der Waals surface area contributed by atoms with Gasteiger partial charge in [0.15, 0.2) is 5.82 Å². The van der Waals surface area contributed by atoms with E-state index >= 15 is 0 Å². The molecule has 1 saturated carbocycles. The Hall–Kier alpha value is -1.90. The van der Waals surface area contributed by atoms with E-state index in [1.165, 1.54) is 25.1 Å². The standard InChI is InChI=1S/C16H17BClFN4O2/c18-12-7-20-16(23-15(12)21-10-3-1-2-4-10)22-11-5-9-8-25-17(24)14(9)13(19)6-11/h5-7,10,24H,1-4,8H2,(H2,20,21,22,23). The van der Waals surface area contributed by atoms with E-state index in [2.05, 4.69) is 20.6 Å². The molecule has 0 spiro atoms. The van der Waals surface area contributed by atoms with E-state index in [-0.39, 0.29) is 12.1 Å². The van der Waals surface area contributed by atoms with Crippen molar-refractivity contribution in [3.8, 4) is 0 Å². The van der Waals surface area contributed by atoms with Gasteiger partial charge in [0.2, 0.25) is 5.95 Å². The van der Waals surface area contributed by atoms with Crippen molar-refractivity contribution in [2.45, 2.75) is 38.3 Å². The number of hydrogen-bond donors (Lipinski definition) is 3. The predicted octanol–water partition coefficient (Wildman–Crippen LogP) is 2.58. The highest BCUT2D eigenvalue weighted by atomic mass is 35.5. The van der Waals surface area contributed by atoms with Crippen LogP contribution in [0.4, 0.5) is 21.8 Å². The first kappa shape index (κ1) is 16.6. The Labute approximate surface area is 149 Å². The maximum atomic E-state index is 14.2. The van der Waals surface area contributed by atoms with Crippen molar-refractivity contribution in [3.05, 3.63) is 34.7 Å². The number of hydrogen-bond acceptors (Lipinski definition) is 6. The average molecular weight is 363 g/mol. The molecule has 4 rings (SSSR count). The Balaban J connectivity index is 1.56. The molecule has 0 amide bonds. The Morgan fingerprint density at radius 2 is 2.12 bits per heavy atom. The first-order chi connectivity index (χ1) is 12.1. The first-order valence-electron chi connectivity index (χ1n) is 8.28. The van der Waals surface area contributed by atoms with Gasteiger partial charge in [0.05, 0.1) is 12.8 Å². The summed E-state index contributed by atoms with van der Waals surface area (Å²) in [4.78, 5) is 8.55. The fourth-order valence-electron chi connectivity index (χ4n) is 3.32. The second-order valence-corrected chi connectivity index (χ2v) is 6.74. The van der Waals surface area contributed by atoms with E-state index in [0.29, 0.717) is 34.1 Å². The molecule has 1 aromatic carbocycles. The van der Waals surface area contributed by atoms with E-state index in [9.17, 15) is 9.41 Å². The average Bonchev–Trinajstić information content (AvgIpc) is 3.21. The topological polar surface area (TPSA) is 79.3 Å². The molecule has 0 bridgehead atoms. The number of rotatable bonds is 4. The maximum Gasteiger partial charge on any atom is 0.494 e. The molecule has 1 aliphatic carbocycles. The highest BCUT2D eigenvalue weighted by Crippen LogP contribution is 2.27. The van der Waals surface area contributed by atoms with Gasteiger partial charge in [0, 0.05) is 17.2 Å². The summed E-state index contributed by atoms with van der Waals surface area (Å²) in [5.41, 5.74) is 1.28. The third kappa shape index (κ3) is 3.42. The van der Waals surface area contributed by atoms with Gasteiger partial charge in [-0.1, -0.05) is 24.4 Å². The Morgan fingerprint density at radius 3 is 2.92 bits per heavy atom. The van der Waals surface area contributed by atoms with E-state index in [4.69, 9.17) is 16.3 Å².